The number of rotatable bonds is 9. The summed E-state index contributed by atoms with van der Waals surface area (Å²) in [7, 11) is 1.69. The molecule has 0 atom stereocenters. The average molecular weight is 265 g/mol. The SMILES string of the molecule is CCc1ccc(OCCCN(CC)CC)c(OC)c1. The van der Waals surface area contributed by atoms with Crippen LogP contribution in [0.1, 0.15) is 32.8 Å². The molecule has 1 rings (SSSR count). The van der Waals surface area contributed by atoms with Crippen molar-refractivity contribution < 1.29 is 9.47 Å². The molecule has 3 heteroatoms. The van der Waals surface area contributed by atoms with E-state index in [1.807, 2.05) is 6.07 Å². The quantitative estimate of drug-likeness (QED) is 0.639. The molecule has 0 saturated carbocycles. The normalized spacial score (nSPS) is 10.8. The highest BCUT2D eigenvalue weighted by Gasteiger charge is 2.05. The highest BCUT2D eigenvalue weighted by molar-refractivity contribution is 5.42. The Balaban J connectivity index is 2.44. The molecule has 0 aromatic heterocycles. The lowest BCUT2D eigenvalue weighted by molar-refractivity contribution is 0.242. The van der Waals surface area contributed by atoms with Crippen LogP contribution < -0.4 is 9.47 Å². The van der Waals surface area contributed by atoms with Crippen LogP contribution in [0.15, 0.2) is 18.2 Å². The summed E-state index contributed by atoms with van der Waals surface area (Å²) in [6.07, 6.45) is 2.05. The molecule has 1 aromatic carbocycles. The van der Waals surface area contributed by atoms with E-state index in [0.717, 1.165) is 50.6 Å². The number of ether oxygens (including phenoxy) is 2. The lowest BCUT2D eigenvalue weighted by Crippen LogP contribution is -2.25. The third-order valence-corrected chi connectivity index (χ3v) is 3.41. The van der Waals surface area contributed by atoms with Crippen molar-refractivity contribution in [2.75, 3.05) is 33.4 Å². The fraction of sp³-hybridized carbons (Fsp3) is 0.625. The molecule has 0 bridgehead atoms. The van der Waals surface area contributed by atoms with Crippen LogP contribution in [0.5, 0.6) is 11.5 Å². The zero-order valence-electron chi connectivity index (χ0n) is 12.7. The first-order valence-corrected chi connectivity index (χ1v) is 7.27. The number of hydrogen-bond donors (Lipinski definition) is 0. The molecular weight excluding hydrogens is 238 g/mol. The fourth-order valence-corrected chi connectivity index (χ4v) is 2.06. The standard InChI is InChI=1S/C16H27NO2/c1-5-14-9-10-15(16(13-14)18-4)19-12-8-11-17(6-2)7-3/h9-10,13H,5-8,11-12H2,1-4H3. The van der Waals surface area contributed by atoms with Gasteiger partial charge in [-0.05, 0) is 43.6 Å². The molecule has 0 spiro atoms. The van der Waals surface area contributed by atoms with Crippen molar-refractivity contribution >= 4 is 0 Å². The highest BCUT2D eigenvalue weighted by atomic mass is 16.5. The van der Waals surface area contributed by atoms with Crippen molar-refractivity contribution in [3.05, 3.63) is 23.8 Å². The van der Waals surface area contributed by atoms with Crippen LogP contribution >= 0.6 is 0 Å². The second-order valence-electron chi connectivity index (χ2n) is 4.57. The van der Waals surface area contributed by atoms with Crippen molar-refractivity contribution in [1.82, 2.24) is 4.90 Å². The first-order valence-electron chi connectivity index (χ1n) is 7.27. The molecule has 0 fully saturated rings. The second kappa shape index (κ2) is 8.81. The van der Waals surface area contributed by atoms with Gasteiger partial charge in [0.05, 0.1) is 13.7 Å². The average Bonchev–Trinajstić information content (AvgIpc) is 2.47. The van der Waals surface area contributed by atoms with E-state index in [2.05, 4.69) is 37.8 Å². The summed E-state index contributed by atoms with van der Waals surface area (Å²) in [6, 6.07) is 6.16. The Morgan fingerprint density at radius 2 is 1.79 bits per heavy atom. The first-order chi connectivity index (χ1) is 9.24. The number of nitrogens with zero attached hydrogens (tertiary/aromatic N) is 1. The molecule has 3 nitrogen and oxygen atoms in total. The van der Waals surface area contributed by atoms with Crippen LogP contribution in [-0.4, -0.2) is 38.3 Å². The molecule has 0 saturated heterocycles. The van der Waals surface area contributed by atoms with Crippen LogP contribution in [-0.2, 0) is 6.42 Å². The van der Waals surface area contributed by atoms with Crippen LogP contribution in [0.2, 0.25) is 0 Å². The van der Waals surface area contributed by atoms with Gasteiger partial charge in [0.2, 0.25) is 0 Å². The molecule has 0 aliphatic heterocycles. The minimum Gasteiger partial charge on any atom is -0.493 e. The summed E-state index contributed by atoms with van der Waals surface area (Å²) >= 11 is 0. The zero-order chi connectivity index (χ0) is 14.1. The Kier molecular flexibility index (Phi) is 7.34. The summed E-state index contributed by atoms with van der Waals surface area (Å²) in [5, 5.41) is 0. The van der Waals surface area contributed by atoms with Crippen LogP contribution in [0.3, 0.4) is 0 Å². The molecule has 0 radical (unpaired) electrons. The predicted molar refractivity (Wildman–Crippen MR) is 80.3 cm³/mol. The Hall–Kier alpha value is -1.22. The number of aryl methyl sites for hydroxylation is 1. The van der Waals surface area contributed by atoms with E-state index in [1.54, 1.807) is 7.11 Å². The minimum absolute atomic E-state index is 0.734. The van der Waals surface area contributed by atoms with Crippen LogP contribution in [0.25, 0.3) is 0 Å². The molecule has 0 aliphatic carbocycles. The Morgan fingerprint density at radius 3 is 2.37 bits per heavy atom. The number of benzene rings is 1. The number of hydrogen-bond acceptors (Lipinski definition) is 3. The minimum atomic E-state index is 0.734. The summed E-state index contributed by atoms with van der Waals surface area (Å²) in [6.45, 7) is 10.5. The molecular formula is C16H27NO2. The van der Waals surface area contributed by atoms with E-state index in [0.29, 0.717) is 0 Å². The summed E-state index contributed by atoms with van der Waals surface area (Å²) < 4.78 is 11.2. The van der Waals surface area contributed by atoms with E-state index in [4.69, 9.17) is 9.47 Å². The summed E-state index contributed by atoms with van der Waals surface area (Å²) in [5.74, 6) is 1.68. The number of methoxy groups -OCH3 is 1. The van der Waals surface area contributed by atoms with Gasteiger partial charge in [0.15, 0.2) is 11.5 Å². The van der Waals surface area contributed by atoms with E-state index >= 15 is 0 Å². The van der Waals surface area contributed by atoms with Gasteiger partial charge in [0.25, 0.3) is 0 Å². The van der Waals surface area contributed by atoms with E-state index < -0.39 is 0 Å². The molecule has 0 aliphatic rings. The van der Waals surface area contributed by atoms with Gasteiger partial charge in [-0.15, -0.1) is 0 Å². The maximum atomic E-state index is 5.82. The zero-order valence-corrected chi connectivity index (χ0v) is 12.7. The van der Waals surface area contributed by atoms with Gasteiger partial charge in [-0.1, -0.05) is 26.8 Å². The molecule has 0 N–H and O–H groups in total. The molecule has 0 amide bonds. The fourth-order valence-electron chi connectivity index (χ4n) is 2.06. The smallest absolute Gasteiger partial charge is 0.161 e. The topological polar surface area (TPSA) is 21.7 Å². The highest BCUT2D eigenvalue weighted by Crippen LogP contribution is 2.28. The van der Waals surface area contributed by atoms with E-state index in [-0.39, 0.29) is 0 Å². The van der Waals surface area contributed by atoms with Gasteiger partial charge < -0.3 is 14.4 Å². The first kappa shape index (κ1) is 15.8. The Morgan fingerprint density at radius 1 is 1.05 bits per heavy atom. The van der Waals surface area contributed by atoms with Crippen molar-refractivity contribution in [3.8, 4) is 11.5 Å². The monoisotopic (exact) mass is 265 g/mol. The van der Waals surface area contributed by atoms with Crippen molar-refractivity contribution in [2.45, 2.75) is 33.6 Å². The molecule has 1 aromatic rings. The van der Waals surface area contributed by atoms with Gasteiger partial charge in [0.1, 0.15) is 0 Å². The lowest BCUT2D eigenvalue weighted by Gasteiger charge is -2.18. The van der Waals surface area contributed by atoms with E-state index in [9.17, 15) is 0 Å². The Bertz CT molecular complexity index is 362. The predicted octanol–water partition coefficient (Wildman–Crippen LogP) is 3.37. The van der Waals surface area contributed by atoms with E-state index in [1.165, 1.54) is 5.56 Å². The van der Waals surface area contributed by atoms with Gasteiger partial charge in [-0.2, -0.15) is 0 Å². The van der Waals surface area contributed by atoms with Crippen molar-refractivity contribution in [3.63, 3.8) is 0 Å². The molecule has 0 heterocycles. The van der Waals surface area contributed by atoms with Crippen molar-refractivity contribution in [1.29, 1.82) is 0 Å². The second-order valence-corrected chi connectivity index (χ2v) is 4.57. The molecule has 0 unspecified atom stereocenters. The van der Waals surface area contributed by atoms with Crippen LogP contribution in [0.4, 0.5) is 0 Å². The van der Waals surface area contributed by atoms with Gasteiger partial charge in [-0.3, -0.25) is 0 Å². The maximum Gasteiger partial charge on any atom is 0.161 e. The third-order valence-electron chi connectivity index (χ3n) is 3.41. The lowest BCUT2D eigenvalue weighted by atomic mass is 10.1. The van der Waals surface area contributed by atoms with Crippen LogP contribution in [0, 0.1) is 0 Å². The van der Waals surface area contributed by atoms with Gasteiger partial charge in [0, 0.05) is 6.54 Å². The summed E-state index contributed by atoms with van der Waals surface area (Å²) in [5.41, 5.74) is 1.27. The maximum absolute atomic E-state index is 5.82. The Labute approximate surface area is 117 Å². The summed E-state index contributed by atoms with van der Waals surface area (Å²) in [4.78, 5) is 2.40. The molecule has 19 heavy (non-hydrogen) atoms. The van der Waals surface area contributed by atoms with Crippen molar-refractivity contribution in [2.24, 2.45) is 0 Å². The largest absolute Gasteiger partial charge is 0.493 e. The third kappa shape index (κ3) is 5.11. The van der Waals surface area contributed by atoms with Gasteiger partial charge >= 0.3 is 0 Å². The van der Waals surface area contributed by atoms with Gasteiger partial charge in [-0.25, -0.2) is 0 Å². The molecule has 108 valence electrons.